The van der Waals surface area contributed by atoms with Crippen LogP contribution >= 0.6 is 0 Å². The smallest absolute Gasteiger partial charge is 0.193 e. The molecule has 0 atom stereocenters. The third-order valence-corrected chi connectivity index (χ3v) is 7.04. The molecule has 4 aromatic rings. The van der Waals surface area contributed by atoms with Crippen LogP contribution in [0.25, 0.3) is 11.1 Å². The lowest BCUT2D eigenvalue weighted by Crippen LogP contribution is -2.03. The van der Waals surface area contributed by atoms with Crippen molar-refractivity contribution in [2.45, 2.75) is 55.4 Å². The molecule has 0 unspecified atom stereocenters. The second-order valence-electron chi connectivity index (χ2n) is 9.42. The molecular formula is C33H36O. The standard InChI is InChI=1S/C17H18O.C16H18/c1-11-5-7-15(9-13(11)3)17(18)16-8-6-12(2)14(4)10-16;1-11-7-5-9-15(13(11)3)16-10-6-8-12(2)14(16)4/h5-10H,1-4H3;5-10H,1-4H3. The number of hydrogen-bond acceptors (Lipinski definition) is 1. The fourth-order valence-corrected chi connectivity index (χ4v) is 4.02. The summed E-state index contributed by atoms with van der Waals surface area (Å²) < 4.78 is 0. The van der Waals surface area contributed by atoms with Crippen LogP contribution in [0.1, 0.15) is 60.4 Å². The monoisotopic (exact) mass is 448 g/mol. The average molecular weight is 449 g/mol. The predicted molar refractivity (Wildman–Crippen MR) is 146 cm³/mol. The van der Waals surface area contributed by atoms with Crippen molar-refractivity contribution in [3.63, 3.8) is 0 Å². The van der Waals surface area contributed by atoms with Crippen LogP contribution in [0.5, 0.6) is 0 Å². The Kier molecular flexibility index (Phi) is 7.89. The molecule has 4 rings (SSSR count). The van der Waals surface area contributed by atoms with Gasteiger partial charge in [0.2, 0.25) is 0 Å². The molecule has 0 saturated carbocycles. The van der Waals surface area contributed by atoms with Gasteiger partial charge >= 0.3 is 0 Å². The van der Waals surface area contributed by atoms with E-state index in [-0.39, 0.29) is 5.78 Å². The highest BCUT2D eigenvalue weighted by Crippen LogP contribution is 2.29. The number of carbonyl (C=O) groups excluding carboxylic acids is 1. The summed E-state index contributed by atoms with van der Waals surface area (Å²) in [4.78, 5) is 12.4. The van der Waals surface area contributed by atoms with Gasteiger partial charge in [0.05, 0.1) is 0 Å². The van der Waals surface area contributed by atoms with Crippen molar-refractivity contribution in [3.05, 3.63) is 128 Å². The summed E-state index contributed by atoms with van der Waals surface area (Å²) in [5, 5.41) is 0. The van der Waals surface area contributed by atoms with Crippen molar-refractivity contribution in [2.75, 3.05) is 0 Å². The minimum atomic E-state index is 0.0983. The van der Waals surface area contributed by atoms with E-state index in [2.05, 4.69) is 77.9 Å². The van der Waals surface area contributed by atoms with Gasteiger partial charge in [-0.25, -0.2) is 0 Å². The maximum absolute atomic E-state index is 12.4. The number of benzene rings is 4. The van der Waals surface area contributed by atoms with E-state index in [4.69, 9.17) is 0 Å². The summed E-state index contributed by atoms with van der Waals surface area (Å²) in [6, 6.07) is 24.8. The molecule has 0 bridgehead atoms. The molecule has 0 aliphatic carbocycles. The van der Waals surface area contributed by atoms with Gasteiger partial charge in [-0.1, -0.05) is 60.7 Å². The molecule has 0 radical (unpaired) electrons. The summed E-state index contributed by atoms with van der Waals surface area (Å²) in [6.07, 6.45) is 0. The van der Waals surface area contributed by atoms with E-state index < -0.39 is 0 Å². The Morgan fingerprint density at radius 3 is 1.18 bits per heavy atom. The first kappa shape index (κ1) is 25.2. The van der Waals surface area contributed by atoms with Crippen LogP contribution in [-0.4, -0.2) is 5.78 Å². The van der Waals surface area contributed by atoms with Crippen LogP contribution in [0.15, 0.2) is 72.8 Å². The summed E-state index contributed by atoms with van der Waals surface area (Å²) in [5.74, 6) is 0.0983. The SMILES string of the molecule is Cc1ccc(C(=O)c2ccc(C)c(C)c2)cc1C.Cc1cccc(-c2cccc(C)c2C)c1C. The molecule has 1 nitrogen and oxygen atoms in total. The highest BCUT2D eigenvalue weighted by atomic mass is 16.1. The van der Waals surface area contributed by atoms with Crippen LogP contribution in [0.4, 0.5) is 0 Å². The van der Waals surface area contributed by atoms with E-state index in [1.54, 1.807) is 0 Å². The van der Waals surface area contributed by atoms with Gasteiger partial charge < -0.3 is 0 Å². The molecule has 0 spiro atoms. The molecule has 0 aromatic heterocycles. The van der Waals surface area contributed by atoms with E-state index >= 15 is 0 Å². The topological polar surface area (TPSA) is 17.1 Å². The lowest BCUT2D eigenvalue weighted by molar-refractivity contribution is 0.103. The Hall–Kier alpha value is -3.45. The lowest BCUT2D eigenvalue weighted by atomic mass is 9.92. The molecule has 0 heterocycles. The van der Waals surface area contributed by atoms with Crippen molar-refractivity contribution in [1.29, 1.82) is 0 Å². The van der Waals surface area contributed by atoms with Crippen LogP contribution in [-0.2, 0) is 0 Å². The molecule has 0 aliphatic rings. The summed E-state index contributed by atoms with van der Waals surface area (Å²) >= 11 is 0. The van der Waals surface area contributed by atoms with Gasteiger partial charge in [-0.15, -0.1) is 0 Å². The van der Waals surface area contributed by atoms with Crippen LogP contribution in [0.3, 0.4) is 0 Å². The third-order valence-electron chi connectivity index (χ3n) is 7.04. The van der Waals surface area contributed by atoms with Crippen molar-refractivity contribution in [2.24, 2.45) is 0 Å². The molecule has 174 valence electrons. The minimum absolute atomic E-state index is 0.0983. The van der Waals surface area contributed by atoms with Crippen molar-refractivity contribution in [3.8, 4) is 11.1 Å². The third kappa shape index (κ3) is 5.54. The molecule has 1 heteroatoms. The number of ketones is 1. The molecule has 0 N–H and O–H groups in total. The number of aryl methyl sites for hydroxylation is 6. The first-order valence-corrected chi connectivity index (χ1v) is 11.9. The Bertz CT molecular complexity index is 1240. The highest BCUT2D eigenvalue weighted by molar-refractivity contribution is 6.09. The van der Waals surface area contributed by atoms with E-state index in [9.17, 15) is 4.79 Å². The van der Waals surface area contributed by atoms with Crippen LogP contribution < -0.4 is 0 Å². The second-order valence-corrected chi connectivity index (χ2v) is 9.42. The first-order chi connectivity index (χ1) is 16.1. The van der Waals surface area contributed by atoms with Gasteiger partial charge in [0.1, 0.15) is 0 Å². The van der Waals surface area contributed by atoms with Gasteiger partial charge in [0.25, 0.3) is 0 Å². The maximum Gasteiger partial charge on any atom is 0.193 e. The van der Waals surface area contributed by atoms with Crippen molar-refractivity contribution in [1.82, 2.24) is 0 Å². The van der Waals surface area contributed by atoms with Gasteiger partial charge in [-0.05, 0) is 123 Å². The molecule has 34 heavy (non-hydrogen) atoms. The highest BCUT2D eigenvalue weighted by Gasteiger charge is 2.10. The second kappa shape index (κ2) is 10.7. The Labute approximate surface area is 205 Å². The summed E-state index contributed by atoms with van der Waals surface area (Å²) in [5.41, 5.74) is 14.5. The quantitative estimate of drug-likeness (QED) is 0.286. The molecule has 4 aromatic carbocycles. The number of hydrogen-bond donors (Lipinski definition) is 0. The zero-order valence-corrected chi connectivity index (χ0v) is 21.8. The fourth-order valence-electron chi connectivity index (χ4n) is 4.02. The van der Waals surface area contributed by atoms with Gasteiger partial charge in [-0.2, -0.15) is 0 Å². The zero-order chi connectivity index (χ0) is 25.0. The fraction of sp³-hybridized carbons (Fsp3) is 0.242. The zero-order valence-electron chi connectivity index (χ0n) is 21.8. The van der Waals surface area contributed by atoms with E-state index in [1.165, 1.54) is 44.5 Å². The molecular weight excluding hydrogens is 412 g/mol. The number of rotatable bonds is 3. The van der Waals surface area contributed by atoms with E-state index in [0.717, 1.165) is 22.3 Å². The minimum Gasteiger partial charge on any atom is -0.289 e. The Morgan fingerprint density at radius 1 is 0.441 bits per heavy atom. The Balaban J connectivity index is 0.000000192. The lowest BCUT2D eigenvalue weighted by Gasteiger charge is -2.12. The Morgan fingerprint density at radius 2 is 0.824 bits per heavy atom. The van der Waals surface area contributed by atoms with Crippen molar-refractivity contribution >= 4 is 5.78 Å². The summed E-state index contributed by atoms with van der Waals surface area (Å²) in [7, 11) is 0. The van der Waals surface area contributed by atoms with Gasteiger partial charge in [-0.3, -0.25) is 4.79 Å². The molecule has 0 amide bonds. The normalized spacial score (nSPS) is 10.5. The number of carbonyl (C=O) groups is 1. The average Bonchev–Trinajstić information content (AvgIpc) is 2.81. The van der Waals surface area contributed by atoms with E-state index in [1.807, 2.05) is 50.2 Å². The summed E-state index contributed by atoms with van der Waals surface area (Å²) in [6.45, 7) is 16.9. The maximum atomic E-state index is 12.4. The van der Waals surface area contributed by atoms with Gasteiger partial charge in [0.15, 0.2) is 5.78 Å². The van der Waals surface area contributed by atoms with Gasteiger partial charge in [0, 0.05) is 11.1 Å². The molecule has 0 fully saturated rings. The van der Waals surface area contributed by atoms with Crippen LogP contribution in [0.2, 0.25) is 0 Å². The van der Waals surface area contributed by atoms with Crippen molar-refractivity contribution < 1.29 is 4.79 Å². The molecule has 0 saturated heterocycles. The van der Waals surface area contributed by atoms with Crippen LogP contribution in [0, 0.1) is 55.4 Å². The predicted octanol–water partition coefficient (Wildman–Crippen LogP) is 8.74. The molecule has 0 aliphatic heterocycles. The largest absolute Gasteiger partial charge is 0.289 e. The first-order valence-electron chi connectivity index (χ1n) is 11.9. The van der Waals surface area contributed by atoms with E-state index in [0.29, 0.717) is 0 Å².